The summed E-state index contributed by atoms with van der Waals surface area (Å²) in [6, 6.07) is 15.2. The second-order valence-electron chi connectivity index (χ2n) is 7.74. The van der Waals surface area contributed by atoms with Crippen LogP contribution in [0.5, 0.6) is 11.5 Å². The molecule has 0 bridgehead atoms. The lowest BCUT2D eigenvalue weighted by molar-refractivity contribution is 0.408. The van der Waals surface area contributed by atoms with Crippen molar-refractivity contribution >= 4 is 22.5 Å². The van der Waals surface area contributed by atoms with Gasteiger partial charge in [0.1, 0.15) is 29.3 Å². The van der Waals surface area contributed by atoms with Gasteiger partial charge in [0.15, 0.2) is 0 Å². The van der Waals surface area contributed by atoms with E-state index in [1.807, 2.05) is 48.5 Å². The van der Waals surface area contributed by atoms with Crippen LogP contribution in [0.3, 0.4) is 0 Å². The van der Waals surface area contributed by atoms with Crippen LogP contribution in [0.1, 0.15) is 20.8 Å². The normalized spacial score (nSPS) is 11.7. The molecule has 0 amide bonds. The highest BCUT2D eigenvalue weighted by Gasteiger charge is 2.21. The molecule has 0 saturated heterocycles. The van der Waals surface area contributed by atoms with Crippen LogP contribution in [0.4, 0.5) is 11.5 Å². The zero-order chi connectivity index (χ0) is 19.9. The third kappa shape index (κ3) is 3.24. The average molecular weight is 373 g/mol. The Morgan fingerprint density at radius 2 is 1.46 bits per heavy atom. The van der Waals surface area contributed by atoms with E-state index in [0.29, 0.717) is 11.5 Å². The van der Waals surface area contributed by atoms with Crippen molar-refractivity contribution < 1.29 is 4.74 Å². The van der Waals surface area contributed by atoms with Gasteiger partial charge in [-0.2, -0.15) is 0 Å². The van der Waals surface area contributed by atoms with Crippen LogP contribution < -0.4 is 16.2 Å². The lowest BCUT2D eigenvalue weighted by Crippen LogP contribution is -2.21. The van der Waals surface area contributed by atoms with Crippen LogP contribution in [-0.4, -0.2) is 14.5 Å². The van der Waals surface area contributed by atoms with Gasteiger partial charge in [-0.25, -0.2) is 9.97 Å². The van der Waals surface area contributed by atoms with E-state index in [4.69, 9.17) is 16.2 Å². The van der Waals surface area contributed by atoms with Crippen molar-refractivity contribution in [2.45, 2.75) is 26.3 Å². The Morgan fingerprint density at radius 3 is 2.07 bits per heavy atom. The maximum absolute atomic E-state index is 6.20. The molecule has 2 heterocycles. The van der Waals surface area contributed by atoms with Crippen LogP contribution in [0, 0.1) is 0 Å². The summed E-state index contributed by atoms with van der Waals surface area (Å²) in [5.41, 5.74) is 15.3. The Labute approximate surface area is 163 Å². The van der Waals surface area contributed by atoms with Crippen LogP contribution in [0.15, 0.2) is 61.1 Å². The van der Waals surface area contributed by atoms with Gasteiger partial charge in [0.05, 0.1) is 5.39 Å². The molecule has 2 aromatic heterocycles. The van der Waals surface area contributed by atoms with Crippen molar-refractivity contribution in [3.05, 3.63) is 61.1 Å². The third-order valence-corrected chi connectivity index (χ3v) is 4.62. The predicted molar refractivity (Wildman–Crippen MR) is 113 cm³/mol. The molecular weight excluding hydrogens is 350 g/mol. The third-order valence-electron chi connectivity index (χ3n) is 4.62. The van der Waals surface area contributed by atoms with E-state index in [1.165, 1.54) is 6.33 Å². The van der Waals surface area contributed by atoms with Gasteiger partial charge in [-0.15, -0.1) is 0 Å². The minimum absolute atomic E-state index is 0.129. The molecule has 28 heavy (non-hydrogen) atoms. The number of hydrogen-bond donors (Lipinski definition) is 2. The van der Waals surface area contributed by atoms with Crippen molar-refractivity contribution in [1.82, 2.24) is 14.5 Å². The number of aromatic nitrogens is 3. The summed E-state index contributed by atoms with van der Waals surface area (Å²) >= 11 is 0. The molecule has 0 aliphatic heterocycles. The summed E-state index contributed by atoms with van der Waals surface area (Å²) in [7, 11) is 0. The molecule has 0 radical (unpaired) electrons. The first kappa shape index (κ1) is 17.9. The van der Waals surface area contributed by atoms with Crippen LogP contribution in [-0.2, 0) is 5.54 Å². The topological polar surface area (TPSA) is 92.0 Å². The largest absolute Gasteiger partial charge is 0.457 e. The second kappa shape index (κ2) is 6.56. The number of nitrogen functional groups attached to an aromatic ring is 2. The van der Waals surface area contributed by atoms with Gasteiger partial charge in [0.25, 0.3) is 0 Å². The first-order valence-electron chi connectivity index (χ1n) is 9.09. The fourth-order valence-corrected chi connectivity index (χ4v) is 3.19. The van der Waals surface area contributed by atoms with E-state index in [2.05, 4.69) is 41.5 Å². The summed E-state index contributed by atoms with van der Waals surface area (Å²) < 4.78 is 8.02. The van der Waals surface area contributed by atoms with E-state index >= 15 is 0 Å². The molecule has 0 aliphatic carbocycles. The molecule has 0 spiro atoms. The van der Waals surface area contributed by atoms with Gasteiger partial charge in [-0.1, -0.05) is 12.1 Å². The molecule has 2 aromatic carbocycles. The molecular formula is C22H23N5O. The molecule has 0 aliphatic rings. The van der Waals surface area contributed by atoms with Gasteiger partial charge in [0.2, 0.25) is 0 Å². The van der Waals surface area contributed by atoms with Crippen LogP contribution in [0.25, 0.3) is 22.2 Å². The Bertz CT molecular complexity index is 1120. The van der Waals surface area contributed by atoms with Crippen molar-refractivity contribution in [3.8, 4) is 22.6 Å². The lowest BCUT2D eigenvalue weighted by atomic mass is 10.1. The minimum Gasteiger partial charge on any atom is -0.457 e. The number of hydrogen-bond acceptors (Lipinski definition) is 5. The fraction of sp³-hybridized carbons (Fsp3) is 0.182. The number of nitrogens with zero attached hydrogens (tertiary/aromatic N) is 3. The van der Waals surface area contributed by atoms with Gasteiger partial charge >= 0.3 is 0 Å². The van der Waals surface area contributed by atoms with E-state index < -0.39 is 0 Å². The molecule has 4 N–H and O–H groups in total. The highest BCUT2D eigenvalue weighted by Crippen LogP contribution is 2.36. The molecule has 0 fully saturated rings. The molecule has 4 aromatic rings. The molecule has 142 valence electrons. The number of fused-ring (bicyclic) bond motifs is 1. The molecule has 6 heteroatoms. The van der Waals surface area contributed by atoms with Gasteiger partial charge in [-0.3, -0.25) is 0 Å². The summed E-state index contributed by atoms with van der Waals surface area (Å²) in [5, 5.41) is 0.865. The second-order valence-corrected chi connectivity index (χ2v) is 7.74. The quantitative estimate of drug-likeness (QED) is 0.503. The molecule has 6 nitrogen and oxygen atoms in total. The molecule has 0 unspecified atom stereocenters. The summed E-state index contributed by atoms with van der Waals surface area (Å²) in [6.45, 7) is 6.41. The SMILES string of the molecule is CC(C)(C)n1cc(-c2ccc(Oc3ccc(N)cc3)cc2)c2c(N)ncnc21. The summed E-state index contributed by atoms with van der Waals surface area (Å²) in [4.78, 5) is 8.66. The summed E-state index contributed by atoms with van der Waals surface area (Å²) in [6.07, 6.45) is 3.60. The average Bonchev–Trinajstić information content (AvgIpc) is 3.06. The van der Waals surface area contributed by atoms with Crippen molar-refractivity contribution in [1.29, 1.82) is 0 Å². The van der Waals surface area contributed by atoms with Gasteiger partial charge in [-0.05, 0) is 62.7 Å². The smallest absolute Gasteiger partial charge is 0.146 e. The fourth-order valence-electron chi connectivity index (χ4n) is 3.19. The zero-order valence-corrected chi connectivity index (χ0v) is 16.2. The molecule has 0 atom stereocenters. The Kier molecular flexibility index (Phi) is 4.19. The van der Waals surface area contributed by atoms with Crippen molar-refractivity contribution in [2.24, 2.45) is 0 Å². The number of ether oxygens (including phenoxy) is 1. The number of nitrogens with two attached hydrogens (primary N) is 2. The standard InChI is InChI=1S/C22H23N5O/c1-22(2,3)27-12-18(19-20(24)25-13-26-21(19)27)14-4-8-16(9-5-14)28-17-10-6-15(23)7-11-17/h4-13H,23H2,1-3H3,(H2,24,25,26). The maximum Gasteiger partial charge on any atom is 0.146 e. The Morgan fingerprint density at radius 1 is 0.857 bits per heavy atom. The number of rotatable bonds is 3. The van der Waals surface area contributed by atoms with Crippen LogP contribution in [0.2, 0.25) is 0 Å². The highest BCUT2D eigenvalue weighted by atomic mass is 16.5. The Hall–Kier alpha value is -3.54. The monoisotopic (exact) mass is 373 g/mol. The first-order chi connectivity index (χ1) is 13.3. The van der Waals surface area contributed by atoms with Gasteiger partial charge < -0.3 is 20.8 Å². The van der Waals surface area contributed by atoms with E-state index in [0.717, 1.165) is 33.7 Å². The zero-order valence-electron chi connectivity index (χ0n) is 16.2. The highest BCUT2D eigenvalue weighted by molar-refractivity contribution is 6.00. The molecule has 4 rings (SSSR count). The Balaban J connectivity index is 1.73. The maximum atomic E-state index is 6.20. The number of benzene rings is 2. The van der Waals surface area contributed by atoms with Crippen molar-refractivity contribution in [3.63, 3.8) is 0 Å². The lowest BCUT2D eigenvalue weighted by Gasteiger charge is -2.21. The number of anilines is 2. The first-order valence-corrected chi connectivity index (χ1v) is 9.09. The van der Waals surface area contributed by atoms with Crippen LogP contribution >= 0.6 is 0 Å². The van der Waals surface area contributed by atoms with E-state index in [1.54, 1.807) is 0 Å². The van der Waals surface area contributed by atoms with Crippen molar-refractivity contribution in [2.75, 3.05) is 11.5 Å². The van der Waals surface area contributed by atoms with E-state index in [9.17, 15) is 0 Å². The minimum atomic E-state index is -0.129. The van der Waals surface area contributed by atoms with Gasteiger partial charge in [0, 0.05) is 23.0 Å². The summed E-state index contributed by atoms with van der Waals surface area (Å²) in [5.74, 6) is 1.96. The van der Waals surface area contributed by atoms with E-state index in [-0.39, 0.29) is 5.54 Å². The predicted octanol–water partition coefficient (Wildman–Crippen LogP) is 4.81. The molecule has 0 saturated carbocycles.